The van der Waals surface area contributed by atoms with Crippen LogP contribution in [0.2, 0.25) is 0 Å². The summed E-state index contributed by atoms with van der Waals surface area (Å²) in [6, 6.07) is 11.0. The van der Waals surface area contributed by atoms with Crippen LogP contribution in [0, 0.1) is 17.6 Å². The van der Waals surface area contributed by atoms with E-state index in [1.165, 1.54) is 25.3 Å². The predicted molar refractivity (Wildman–Crippen MR) is 124 cm³/mol. The minimum atomic E-state index is -0.890. The van der Waals surface area contributed by atoms with Gasteiger partial charge in [0.2, 0.25) is 5.91 Å². The molecule has 5 nitrogen and oxygen atoms in total. The first-order chi connectivity index (χ1) is 16.0. The molecular weight excluding hydrogens is 424 g/mol. The van der Waals surface area contributed by atoms with E-state index >= 15 is 0 Å². The quantitative estimate of drug-likeness (QED) is 0.653. The maximum absolute atomic E-state index is 13.9. The number of rotatable bonds is 6. The van der Waals surface area contributed by atoms with Crippen molar-refractivity contribution in [3.63, 3.8) is 0 Å². The average molecular weight is 456 g/mol. The Kier molecular flexibility index (Phi) is 7.70. The van der Waals surface area contributed by atoms with Crippen LogP contribution in [0.3, 0.4) is 0 Å². The maximum atomic E-state index is 13.9. The molecule has 2 N–H and O–H groups in total. The summed E-state index contributed by atoms with van der Waals surface area (Å²) < 4.78 is 27.8. The van der Waals surface area contributed by atoms with Gasteiger partial charge in [0, 0.05) is 24.2 Å². The Morgan fingerprint density at radius 3 is 2.27 bits per heavy atom. The van der Waals surface area contributed by atoms with E-state index in [1.807, 2.05) is 18.2 Å². The molecule has 0 atom stereocenters. The van der Waals surface area contributed by atoms with Crippen LogP contribution in [-0.4, -0.2) is 35.8 Å². The van der Waals surface area contributed by atoms with Gasteiger partial charge >= 0.3 is 0 Å². The lowest BCUT2D eigenvalue weighted by Gasteiger charge is -2.32. The third kappa shape index (κ3) is 6.16. The molecule has 1 saturated carbocycles. The minimum Gasteiger partial charge on any atom is -0.353 e. The highest BCUT2D eigenvalue weighted by Crippen LogP contribution is 2.23. The number of nitrogens with zero attached hydrogens (tertiary/aromatic N) is 1. The standard InChI is InChI=1S/C26H31F2N3O2/c27-22-10-5-11-23(28)24(22)26(33)30-21-9-4-6-18(16-21)17-31-14-12-19(13-15-31)25(32)29-20-7-2-1-3-8-20/h4-6,9-11,16,19-20H,1-3,7-8,12-15,17H2,(H,29,32)(H,30,33). The zero-order valence-corrected chi connectivity index (χ0v) is 18.8. The number of likely N-dealkylation sites (tertiary alicyclic amines) is 1. The van der Waals surface area contributed by atoms with Gasteiger partial charge in [-0.25, -0.2) is 8.78 Å². The first-order valence-electron chi connectivity index (χ1n) is 11.9. The Labute approximate surface area is 193 Å². The number of hydrogen-bond donors (Lipinski definition) is 2. The fraction of sp³-hybridized carbons (Fsp3) is 0.462. The normalized spacial score (nSPS) is 18.1. The summed E-state index contributed by atoms with van der Waals surface area (Å²) in [5.41, 5.74) is 0.894. The molecule has 33 heavy (non-hydrogen) atoms. The SMILES string of the molecule is O=C(Nc1cccc(CN2CCC(C(=O)NC3CCCCC3)CC2)c1)c1c(F)cccc1F. The summed E-state index contributed by atoms with van der Waals surface area (Å²) in [5, 5.41) is 5.84. The topological polar surface area (TPSA) is 61.4 Å². The second-order valence-corrected chi connectivity index (χ2v) is 9.15. The monoisotopic (exact) mass is 455 g/mol. The molecule has 2 aromatic rings. The van der Waals surface area contributed by atoms with Crippen LogP contribution in [0.5, 0.6) is 0 Å². The van der Waals surface area contributed by atoms with Crippen molar-refractivity contribution in [2.75, 3.05) is 18.4 Å². The zero-order chi connectivity index (χ0) is 23.2. The van der Waals surface area contributed by atoms with Gasteiger partial charge in [0.15, 0.2) is 0 Å². The molecular formula is C26H31F2N3O2. The van der Waals surface area contributed by atoms with Crippen molar-refractivity contribution in [2.24, 2.45) is 5.92 Å². The van der Waals surface area contributed by atoms with Gasteiger partial charge in [0.1, 0.15) is 17.2 Å². The lowest BCUT2D eigenvalue weighted by Crippen LogP contribution is -2.44. The van der Waals surface area contributed by atoms with Gasteiger partial charge in [0.25, 0.3) is 5.91 Å². The number of amides is 2. The highest BCUT2D eigenvalue weighted by atomic mass is 19.1. The van der Waals surface area contributed by atoms with Crippen LogP contribution in [0.15, 0.2) is 42.5 Å². The molecule has 0 bridgehead atoms. The molecule has 0 spiro atoms. The van der Waals surface area contributed by atoms with Gasteiger partial charge in [-0.2, -0.15) is 0 Å². The van der Waals surface area contributed by atoms with Crippen molar-refractivity contribution in [1.82, 2.24) is 10.2 Å². The van der Waals surface area contributed by atoms with E-state index in [0.717, 1.165) is 56.5 Å². The molecule has 2 amide bonds. The summed E-state index contributed by atoms with van der Waals surface area (Å²) in [4.78, 5) is 27.3. The molecule has 4 rings (SSSR count). The maximum Gasteiger partial charge on any atom is 0.261 e. The van der Waals surface area contributed by atoms with Crippen molar-refractivity contribution >= 4 is 17.5 Å². The smallest absolute Gasteiger partial charge is 0.261 e. The van der Waals surface area contributed by atoms with Crippen LogP contribution in [0.4, 0.5) is 14.5 Å². The molecule has 7 heteroatoms. The molecule has 1 heterocycles. The van der Waals surface area contributed by atoms with Crippen molar-refractivity contribution < 1.29 is 18.4 Å². The number of piperidine rings is 1. The molecule has 2 fully saturated rings. The molecule has 0 aromatic heterocycles. The number of hydrogen-bond acceptors (Lipinski definition) is 3. The Hall–Kier alpha value is -2.80. The van der Waals surface area contributed by atoms with Crippen molar-refractivity contribution in [3.05, 3.63) is 65.2 Å². The molecule has 2 aromatic carbocycles. The Balaban J connectivity index is 1.28. The second-order valence-electron chi connectivity index (χ2n) is 9.15. The first-order valence-corrected chi connectivity index (χ1v) is 11.9. The van der Waals surface area contributed by atoms with Gasteiger partial charge in [-0.1, -0.05) is 37.5 Å². The van der Waals surface area contributed by atoms with Gasteiger partial charge in [-0.15, -0.1) is 0 Å². The van der Waals surface area contributed by atoms with E-state index in [0.29, 0.717) is 18.3 Å². The van der Waals surface area contributed by atoms with Gasteiger partial charge in [-0.3, -0.25) is 14.5 Å². The van der Waals surface area contributed by atoms with Crippen LogP contribution in [0.1, 0.15) is 60.9 Å². The van der Waals surface area contributed by atoms with E-state index in [-0.39, 0.29) is 11.8 Å². The third-order valence-corrected chi connectivity index (χ3v) is 6.69. The molecule has 1 saturated heterocycles. The number of anilines is 1. The zero-order valence-electron chi connectivity index (χ0n) is 18.8. The third-order valence-electron chi connectivity index (χ3n) is 6.69. The summed E-state index contributed by atoms with van der Waals surface area (Å²) in [6.45, 7) is 2.36. The number of halogens is 2. The van der Waals surface area contributed by atoms with E-state index in [4.69, 9.17) is 0 Å². The fourth-order valence-electron chi connectivity index (χ4n) is 4.83. The van der Waals surface area contributed by atoms with E-state index in [1.54, 1.807) is 6.07 Å². The summed E-state index contributed by atoms with van der Waals surface area (Å²) in [6.07, 6.45) is 7.55. The van der Waals surface area contributed by atoms with E-state index < -0.39 is 23.1 Å². The van der Waals surface area contributed by atoms with Gasteiger partial charge < -0.3 is 10.6 Å². The van der Waals surface area contributed by atoms with Gasteiger partial charge in [-0.05, 0) is 68.6 Å². The molecule has 0 unspecified atom stereocenters. The molecule has 1 aliphatic carbocycles. The molecule has 176 valence electrons. The molecule has 0 radical (unpaired) electrons. The Bertz CT molecular complexity index is 963. The summed E-state index contributed by atoms with van der Waals surface area (Å²) in [5.74, 6) is -2.32. The van der Waals surface area contributed by atoms with Crippen molar-refractivity contribution in [1.29, 1.82) is 0 Å². The second kappa shape index (κ2) is 10.9. The van der Waals surface area contributed by atoms with E-state index in [2.05, 4.69) is 15.5 Å². The Morgan fingerprint density at radius 2 is 1.58 bits per heavy atom. The first kappa shape index (κ1) is 23.4. The van der Waals surface area contributed by atoms with Gasteiger partial charge in [0.05, 0.1) is 0 Å². The van der Waals surface area contributed by atoms with Crippen molar-refractivity contribution in [3.8, 4) is 0 Å². The van der Waals surface area contributed by atoms with Crippen LogP contribution >= 0.6 is 0 Å². The minimum absolute atomic E-state index is 0.0736. The Morgan fingerprint density at radius 1 is 0.909 bits per heavy atom. The van der Waals surface area contributed by atoms with Crippen LogP contribution < -0.4 is 10.6 Å². The average Bonchev–Trinajstić information content (AvgIpc) is 2.80. The molecule has 2 aliphatic rings. The van der Waals surface area contributed by atoms with Crippen molar-refractivity contribution in [2.45, 2.75) is 57.5 Å². The highest BCUT2D eigenvalue weighted by Gasteiger charge is 2.27. The van der Waals surface area contributed by atoms with Crippen LogP contribution in [0.25, 0.3) is 0 Å². The number of carbonyl (C=O) groups is 2. The largest absolute Gasteiger partial charge is 0.353 e. The van der Waals surface area contributed by atoms with E-state index in [9.17, 15) is 18.4 Å². The number of nitrogens with one attached hydrogen (secondary N) is 2. The fourth-order valence-corrected chi connectivity index (χ4v) is 4.83. The van der Waals surface area contributed by atoms with Crippen LogP contribution in [-0.2, 0) is 11.3 Å². The molecule has 1 aliphatic heterocycles. The predicted octanol–water partition coefficient (Wildman–Crippen LogP) is 4.88. The lowest BCUT2D eigenvalue weighted by atomic mass is 9.92. The number of benzene rings is 2. The summed E-state index contributed by atoms with van der Waals surface area (Å²) >= 11 is 0. The lowest BCUT2D eigenvalue weighted by molar-refractivity contribution is -0.127. The number of carbonyl (C=O) groups excluding carboxylic acids is 2. The summed E-state index contributed by atoms with van der Waals surface area (Å²) in [7, 11) is 0. The highest BCUT2D eigenvalue weighted by molar-refractivity contribution is 6.04.